The summed E-state index contributed by atoms with van der Waals surface area (Å²) in [6.07, 6.45) is 1.44. The smallest absolute Gasteiger partial charge is 0.261 e. The van der Waals surface area contributed by atoms with E-state index in [-0.39, 0.29) is 29.8 Å². The molecule has 1 atom stereocenters. The van der Waals surface area contributed by atoms with Gasteiger partial charge < -0.3 is 10.2 Å². The molecule has 1 saturated heterocycles. The number of carbonyl (C=O) groups is 2. The van der Waals surface area contributed by atoms with E-state index in [4.69, 9.17) is 0 Å². The number of aryl methyl sites for hydroxylation is 2. The van der Waals surface area contributed by atoms with Gasteiger partial charge in [-0.05, 0) is 51.0 Å². The van der Waals surface area contributed by atoms with Crippen molar-refractivity contribution in [2.45, 2.75) is 33.2 Å². The van der Waals surface area contributed by atoms with Crippen molar-refractivity contribution in [2.24, 2.45) is 5.92 Å². The van der Waals surface area contributed by atoms with Gasteiger partial charge in [0.1, 0.15) is 18.2 Å². The molecule has 0 spiro atoms. The van der Waals surface area contributed by atoms with Crippen LogP contribution in [0.3, 0.4) is 0 Å². The van der Waals surface area contributed by atoms with Gasteiger partial charge in [-0.2, -0.15) is 0 Å². The van der Waals surface area contributed by atoms with Crippen molar-refractivity contribution >= 4 is 28.5 Å². The maximum atomic E-state index is 13.0. The number of nitrogens with zero attached hydrogens (tertiary/aromatic N) is 4. The molecule has 3 heterocycles. The SMILES string of the molecule is Cc1cccc(NC(=O)C2CCCN(C(=O)Cn3c(C)nc4ccccc4c3=O)C2)n1. The maximum Gasteiger partial charge on any atom is 0.261 e. The van der Waals surface area contributed by atoms with Crippen LogP contribution in [0.15, 0.2) is 47.3 Å². The minimum atomic E-state index is -0.312. The Hall–Kier alpha value is -3.55. The Bertz CT molecular complexity index is 1200. The fourth-order valence-electron chi connectivity index (χ4n) is 3.96. The number of amides is 2. The van der Waals surface area contributed by atoms with Crippen LogP contribution >= 0.6 is 0 Å². The first-order valence-corrected chi connectivity index (χ1v) is 10.4. The Morgan fingerprint density at radius 2 is 1.90 bits per heavy atom. The molecule has 31 heavy (non-hydrogen) atoms. The van der Waals surface area contributed by atoms with E-state index in [2.05, 4.69) is 15.3 Å². The Labute approximate surface area is 179 Å². The zero-order chi connectivity index (χ0) is 22.0. The lowest BCUT2D eigenvalue weighted by molar-refractivity contribution is -0.135. The van der Waals surface area contributed by atoms with Crippen LogP contribution in [0.2, 0.25) is 0 Å². The Morgan fingerprint density at radius 3 is 2.71 bits per heavy atom. The quantitative estimate of drug-likeness (QED) is 0.700. The van der Waals surface area contributed by atoms with Gasteiger partial charge in [0.15, 0.2) is 0 Å². The summed E-state index contributed by atoms with van der Waals surface area (Å²) in [4.78, 5) is 49.0. The Balaban J connectivity index is 1.46. The summed E-state index contributed by atoms with van der Waals surface area (Å²) in [5.41, 5.74) is 1.21. The molecule has 2 amide bonds. The van der Waals surface area contributed by atoms with Gasteiger partial charge in [-0.25, -0.2) is 9.97 Å². The molecule has 0 saturated carbocycles. The van der Waals surface area contributed by atoms with Crippen molar-refractivity contribution in [3.05, 3.63) is 64.3 Å². The average molecular weight is 419 g/mol. The van der Waals surface area contributed by atoms with Crippen LogP contribution in [0.25, 0.3) is 10.9 Å². The maximum absolute atomic E-state index is 13.0. The molecule has 0 bridgehead atoms. The van der Waals surface area contributed by atoms with E-state index in [9.17, 15) is 14.4 Å². The lowest BCUT2D eigenvalue weighted by Gasteiger charge is -2.32. The Kier molecular flexibility index (Phi) is 5.79. The second-order valence-corrected chi connectivity index (χ2v) is 7.90. The molecule has 0 aliphatic carbocycles. The van der Waals surface area contributed by atoms with Crippen LogP contribution < -0.4 is 10.9 Å². The number of rotatable bonds is 4. The van der Waals surface area contributed by atoms with Crippen molar-refractivity contribution < 1.29 is 9.59 Å². The molecule has 1 N–H and O–H groups in total. The first-order chi connectivity index (χ1) is 14.9. The van der Waals surface area contributed by atoms with Crippen LogP contribution in [-0.4, -0.2) is 44.3 Å². The van der Waals surface area contributed by atoms with Gasteiger partial charge in [0.2, 0.25) is 11.8 Å². The number of hydrogen-bond acceptors (Lipinski definition) is 5. The summed E-state index contributed by atoms with van der Waals surface area (Å²) < 4.78 is 1.41. The van der Waals surface area contributed by atoms with E-state index in [1.54, 1.807) is 36.1 Å². The number of hydrogen-bond donors (Lipinski definition) is 1. The van der Waals surface area contributed by atoms with E-state index in [0.29, 0.717) is 42.1 Å². The molecule has 160 valence electrons. The van der Waals surface area contributed by atoms with Crippen molar-refractivity contribution in [2.75, 3.05) is 18.4 Å². The zero-order valence-electron chi connectivity index (χ0n) is 17.7. The van der Waals surface area contributed by atoms with Crippen molar-refractivity contribution in [1.82, 2.24) is 19.4 Å². The van der Waals surface area contributed by atoms with Gasteiger partial charge in [0.05, 0.1) is 16.8 Å². The highest BCUT2D eigenvalue weighted by atomic mass is 16.2. The van der Waals surface area contributed by atoms with Crippen molar-refractivity contribution in [3.8, 4) is 0 Å². The van der Waals surface area contributed by atoms with Crippen LogP contribution in [-0.2, 0) is 16.1 Å². The highest BCUT2D eigenvalue weighted by Gasteiger charge is 2.29. The number of likely N-dealkylation sites (tertiary alicyclic amines) is 1. The summed E-state index contributed by atoms with van der Waals surface area (Å²) in [7, 11) is 0. The minimum absolute atomic E-state index is 0.0870. The number of piperidine rings is 1. The van der Waals surface area contributed by atoms with Gasteiger partial charge >= 0.3 is 0 Å². The van der Waals surface area contributed by atoms with Gasteiger partial charge in [-0.1, -0.05) is 18.2 Å². The standard InChI is InChI=1S/C23H25N5O3/c1-15-7-5-11-20(24-15)26-22(30)17-8-6-12-27(13-17)21(29)14-28-16(2)25-19-10-4-3-9-18(19)23(28)31/h3-5,7,9-11,17H,6,8,12-14H2,1-2H3,(H,24,26,30). The predicted molar refractivity (Wildman–Crippen MR) is 118 cm³/mol. The highest BCUT2D eigenvalue weighted by molar-refractivity contribution is 5.92. The fraction of sp³-hybridized carbons (Fsp3) is 0.348. The lowest BCUT2D eigenvalue weighted by atomic mass is 9.97. The predicted octanol–water partition coefficient (Wildman–Crippen LogP) is 2.29. The lowest BCUT2D eigenvalue weighted by Crippen LogP contribution is -2.46. The van der Waals surface area contributed by atoms with Gasteiger partial charge in [-0.3, -0.25) is 19.0 Å². The Morgan fingerprint density at radius 1 is 1.10 bits per heavy atom. The number of benzene rings is 1. The number of fused-ring (bicyclic) bond motifs is 1. The molecule has 1 aromatic carbocycles. The molecular formula is C23H25N5O3. The second-order valence-electron chi connectivity index (χ2n) is 7.90. The summed E-state index contributed by atoms with van der Waals surface area (Å²) >= 11 is 0. The number of anilines is 1. The third kappa shape index (κ3) is 4.47. The molecule has 1 aliphatic rings. The number of pyridine rings is 1. The second kappa shape index (κ2) is 8.67. The van der Waals surface area contributed by atoms with Gasteiger partial charge in [0, 0.05) is 18.8 Å². The zero-order valence-corrected chi connectivity index (χ0v) is 17.7. The molecule has 1 unspecified atom stereocenters. The fourth-order valence-corrected chi connectivity index (χ4v) is 3.96. The van der Waals surface area contributed by atoms with E-state index in [0.717, 1.165) is 12.1 Å². The third-order valence-electron chi connectivity index (χ3n) is 5.63. The van der Waals surface area contributed by atoms with E-state index in [1.807, 2.05) is 25.1 Å². The van der Waals surface area contributed by atoms with Crippen molar-refractivity contribution in [1.29, 1.82) is 0 Å². The van der Waals surface area contributed by atoms with Crippen LogP contribution in [0.5, 0.6) is 0 Å². The first kappa shape index (κ1) is 20.7. The summed E-state index contributed by atoms with van der Waals surface area (Å²) in [6.45, 7) is 4.40. The van der Waals surface area contributed by atoms with Crippen LogP contribution in [0.1, 0.15) is 24.4 Å². The largest absolute Gasteiger partial charge is 0.340 e. The monoisotopic (exact) mass is 419 g/mol. The topological polar surface area (TPSA) is 97.2 Å². The number of nitrogens with one attached hydrogen (secondary N) is 1. The van der Waals surface area contributed by atoms with Crippen LogP contribution in [0.4, 0.5) is 5.82 Å². The summed E-state index contributed by atoms with van der Waals surface area (Å²) in [6, 6.07) is 12.6. The highest BCUT2D eigenvalue weighted by Crippen LogP contribution is 2.19. The third-order valence-corrected chi connectivity index (χ3v) is 5.63. The molecule has 0 radical (unpaired) electrons. The van der Waals surface area contributed by atoms with Crippen molar-refractivity contribution in [3.63, 3.8) is 0 Å². The summed E-state index contributed by atoms with van der Waals surface area (Å²) in [5, 5.41) is 3.34. The van der Waals surface area contributed by atoms with E-state index < -0.39 is 0 Å². The summed E-state index contributed by atoms with van der Waals surface area (Å²) in [5.74, 6) is 0.365. The van der Waals surface area contributed by atoms with Crippen LogP contribution in [0, 0.1) is 19.8 Å². The van der Waals surface area contributed by atoms with E-state index >= 15 is 0 Å². The molecule has 8 heteroatoms. The number of aromatic nitrogens is 3. The molecule has 8 nitrogen and oxygen atoms in total. The number of para-hydroxylation sites is 1. The molecule has 2 aromatic heterocycles. The van der Waals surface area contributed by atoms with Gasteiger partial charge in [0.25, 0.3) is 5.56 Å². The van der Waals surface area contributed by atoms with Gasteiger partial charge in [-0.15, -0.1) is 0 Å². The minimum Gasteiger partial charge on any atom is -0.340 e. The first-order valence-electron chi connectivity index (χ1n) is 10.4. The molecule has 3 aromatic rings. The van der Waals surface area contributed by atoms with E-state index in [1.165, 1.54) is 4.57 Å². The normalized spacial score (nSPS) is 16.3. The average Bonchev–Trinajstić information content (AvgIpc) is 2.76. The molecule has 4 rings (SSSR count). The molecule has 1 aliphatic heterocycles. The molecular weight excluding hydrogens is 394 g/mol. The molecule has 1 fully saturated rings. The number of carbonyl (C=O) groups excluding carboxylic acids is 2.